The average Bonchev–Trinajstić information content (AvgIpc) is 3.35. The van der Waals surface area contributed by atoms with Crippen LogP contribution in [-0.4, -0.2) is 51.2 Å². The molecule has 130 valence electrons. The van der Waals surface area contributed by atoms with Gasteiger partial charge in [-0.25, -0.2) is 4.98 Å². The zero-order valence-corrected chi connectivity index (χ0v) is 14.1. The molecule has 0 radical (unpaired) electrons. The van der Waals surface area contributed by atoms with Gasteiger partial charge in [-0.2, -0.15) is 0 Å². The van der Waals surface area contributed by atoms with Crippen LogP contribution in [0.5, 0.6) is 0 Å². The van der Waals surface area contributed by atoms with E-state index in [9.17, 15) is 9.59 Å². The minimum absolute atomic E-state index is 0.0444. The summed E-state index contributed by atoms with van der Waals surface area (Å²) in [5.74, 6) is 1.57. The molecule has 0 spiro atoms. The molecule has 0 bridgehead atoms. The third-order valence-corrected chi connectivity index (χ3v) is 5.63. The summed E-state index contributed by atoms with van der Waals surface area (Å²) in [6, 6.07) is 0.0655. The highest BCUT2D eigenvalue weighted by atomic mass is 16.2. The monoisotopic (exact) mass is 330 g/mol. The van der Waals surface area contributed by atoms with Crippen LogP contribution in [-0.2, 0) is 9.59 Å². The lowest BCUT2D eigenvalue weighted by Crippen LogP contribution is -2.49. The zero-order valence-electron chi connectivity index (χ0n) is 14.1. The number of piperidine rings is 2. The second-order valence-corrected chi connectivity index (χ2v) is 7.42. The van der Waals surface area contributed by atoms with Gasteiger partial charge < -0.3 is 14.8 Å². The van der Waals surface area contributed by atoms with Crippen LogP contribution in [0.1, 0.15) is 56.8 Å². The van der Waals surface area contributed by atoms with E-state index in [1.54, 1.807) is 6.20 Å². The second-order valence-electron chi connectivity index (χ2n) is 7.42. The number of amides is 2. The van der Waals surface area contributed by atoms with E-state index in [0.717, 1.165) is 63.9 Å². The first-order chi connectivity index (χ1) is 11.7. The van der Waals surface area contributed by atoms with Crippen molar-refractivity contribution >= 4 is 11.8 Å². The number of hydrogen-bond acceptors (Lipinski definition) is 3. The summed E-state index contributed by atoms with van der Waals surface area (Å²) in [6.45, 7) is 2.23. The molecule has 4 rings (SSSR count). The zero-order chi connectivity index (χ0) is 16.5. The van der Waals surface area contributed by atoms with E-state index < -0.39 is 0 Å². The first kappa shape index (κ1) is 15.7. The molecule has 2 atom stereocenters. The number of H-pyrrole nitrogens is 1. The molecule has 2 amide bonds. The Morgan fingerprint density at radius 3 is 2.62 bits per heavy atom. The number of imidazole rings is 1. The summed E-state index contributed by atoms with van der Waals surface area (Å²) >= 11 is 0. The molecule has 1 saturated carbocycles. The number of nitrogens with one attached hydrogen (secondary N) is 1. The van der Waals surface area contributed by atoms with E-state index in [1.165, 1.54) is 0 Å². The summed E-state index contributed by atoms with van der Waals surface area (Å²) in [7, 11) is 0. The minimum atomic E-state index is -0.0444. The van der Waals surface area contributed by atoms with Crippen LogP contribution < -0.4 is 0 Å². The number of rotatable bonds is 3. The minimum Gasteiger partial charge on any atom is -0.347 e. The fraction of sp³-hybridized carbons (Fsp3) is 0.722. The molecule has 3 heterocycles. The van der Waals surface area contributed by atoms with E-state index in [4.69, 9.17) is 0 Å². The quantitative estimate of drug-likeness (QED) is 0.923. The van der Waals surface area contributed by atoms with Crippen molar-refractivity contribution in [3.63, 3.8) is 0 Å². The lowest BCUT2D eigenvalue weighted by atomic mass is 9.93. The summed E-state index contributed by atoms with van der Waals surface area (Å²) in [4.78, 5) is 37.0. The maximum absolute atomic E-state index is 13.2. The molecule has 24 heavy (non-hydrogen) atoms. The van der Waals surface area contributed by atoms with Gasteiger partial charge in [0, 0.05) is 37.9 Å². The Kier molecular flexibility index (Phi) is 4.29. The summed E-state index contributed by atoms with van der Waals surface area (Å²) in [6.07, 6.45) is 10.6. The normalized spacial score (nSPS) is 28.0. The lowest BCUT2D eigenvalue weighted by Gasteiger charge is -2.39. The van der Waals surface area contributed by atoms with Gasteiger partial charge in [0.15, 0.2) is 0 Å². The van der Waals surface area contributed by atoms with E-state index in [0.29, 0.717) is 6.54 Å². The fourth-order valence-corrected chi connectivity index (χ4v) is 4.14. The maximum atomic E-state index is 13.2. The Balaban J connectivity index is 1.45. The van der Waals surface area contributed by atoms with Crippen molar-refractivity contribution in [1.82, 2.24) is 19.8 Å². The molecule has 1 aromatic heterocycles. The molecule has 3 fully saturated rings. The van der Waals surface area contributed by atoms with Crippen molar-refractivity contribution in [2.45, 2.75) is 51.0 Å². The van der Waals surface area contributed by atoms with Crippen molar-refractivity contribution in [2.24, 2.45) is 11.8 Å². The topological polar surface area (TPSA) is 69.3 Å². The molecule has 3 aliphatic rings. The van der Waals surface area contributed by atoms with Crippen molar-refractivity contribution < 1.29 is 9.59 Å². The summed E-state index contributed by atoms with van der Waals surface area (Å²) in [5.41, 5.74) is 0. The third-order valence-electron chi connectivity index (χ3n) is 5.63. The molecule has 1 aliphatic carbocycles. The van der Waals surface area contributed by atoms with Gasteiger partial charge in [-0.3, -0.25) is 9.59 Å². The van der Waals surface area contributed by atoms with E-state index in [-0.39, 0.29) is 29.7 Å². The Hall–Kier alpha value is -1.85. The van der Waals surface area contributed by atoms with Gasteiger partial charge >= 0.3 is 0 Å². The van der Waals surface area contributed by atoms with Crippen molar-refractivity contribution in [2.75, 3.05) is 19.6 Å². The van der Waals surface area contributed by atoms with Crippen LogP contribution in [0.15, 0.2) is 12.4 Å². The Morgan fingerprint density at radius 2 is 1.88 bits per heavy atom. The van der Waals surface area contributed by atoms with Gasteiger partial charge in [-0.05, 0) is 44.9 Å². The van der Waals surface area contributed by atoms with E-state index in [2.05, 4.69) is 9.97 Å². The largest absolute Gasteiger partial charge is 0.347 e. The molecule has 6 nitrogen and oxygen atoms in total. The van der Waals surface area contributed by atoms with Gasteiger partial charge in [-0.1, -0.05) is 0 Å². The first-order valence-corrected chi connectivity index (χ1v) is 9.32. The molecule has 1 N–H and O–H groups in total. The molecule has 0 unspecified atom stereocenters. The smallest absolute Gasteiger partial charge is 0.228 e. The molecule has 6 heteroatoms. The molecule has 1 aromatic rings. The van der Waals surface area contributed by atoms with Crippen molar-refractivity contribution in [1.29, 1.82) is 0 Å². The fourth-order valence-electron chi connectivity index (χ4n) is 4.14. The van der Waals surface area contributed by atoms with Gasteiger partial charge in [-0.15, -0.1) is 0 Å². The van der Waals surface area contributed by atoms with Gasteiger partial charge in [0.05, 0.1) is 12.0 Å². The standard InChI is InChI=1S/C18H26N4O2/c23-17(13-6-7-13)21-10-3-4-14(12-21)18(24)22-11-2-1-5-15(22)16-19-8-9-20-16/h8-9,13-15H,1-7,10-12H2,(H,19,20)/t14-,15-/m0/s1. The highest BCUT2D eigenvalue weighted by molar-refractivity contribution is 5.83. The second kappa shape index (κ2) is 6.57. The number of hydrogen-bond donors (Lipinski definition) is 1. The third kappa shape index (κ3) is 3.06. The first-order valence-electron chi connectivity index (χ1n) is 9.32. The number of likely N-dealkylation sites (tertiary alicyclic amines) is 2. The Labute approximate surface area is 142 Å². The van der Waals surface area contributed by atoms with Gasteiger partial charge in [0.25, 0.3) is 0 Å². The van der Waals surface area contributed by atoms with Crippen LogP contribution in [0.3, 0.4) is 0 Å². The predicted molar refractivity (Wildman–Crippen MR) is 88.9 cm³/mol. The van der Waals surface area contributed by atoms with Crippen LogP contribution in [0, 0.1) is 11.8 Å². The van der Waals surface area contributed by atoms with Crippen molar-refractivity contribution in [3.8, 4) is 0 Å². The van der Waals surface area contributed by atoms with Crippen molar-refractivity contribution in [3.05, 3.63) is 18.2 Å². The van der Waals surface area contributed by atoms with E-state index in [1.807, 2.05) is 16.0 Å². The maximum Gasteiger partial charge on any atom is 0.228 e. The number of aromatic amines is 1. The Bertz CT molecular complexity index is 596. The van der Waals surface area contributed by atoms with Gasteiger partial charge in [0.1, 0.15) is 5.82 Å². The number of carbonyl (C=O) groups is 2. The summed E-state index contributed by atoms with van der Waals surface area (Å²) in [5, 5.41) is 0. The highest BCUT2D eigenvalue weighted by Gasteiger charge is 2.39. The van der Waals surface area contributed by atoms with Crippen LogP contribution in [0.2, 0.25) is 0 Å². The number of nitrogens with zero attached hydrogens (tertiary/aromatic N) is 3. The van der Waals surface area contributed by atoms with Crippen LogP contribution in [0.4, 0.5) is 0 Å². The molecule has 2 saturated heterocycles. The molecule has 0 aromatic carbocycles. The SMILES string of the molecule is O=C(C1CC1)N1CCC[C@H](C(=O)N2CCCC[C@H]2c2ncc[nH]2)C1. The molecular formula is C18H26N4O2. The molecule has 2 aliphatic heterocycles. The Morgan fingerprint density at radius 1 is 1.00 bits per heavy atom. The number of aromatic nitrogens is 2. The van der Waals surface area contributed by atoms with E-state index >= 15 is 0 Å². The predicted octanol–water partition coefficient (Wildman–Crippen LogP) is 2.11. The van der Waals surface area contributed by atoms with Crippen LogP contribution >= 0.6 is 0 Å². The lowest BCUT2D eigenvalue weighted by molar-refractivity contribution is -0.144. The van der Waals surface area contributed by atoms with Gasteiger partial charge in [0.2, 0.25) is 11.8 Å². The van der Waals surface area contributed by atoms with Crippen LogP contribution in [0.25, 0.3) is 0 Å². The molecular weight excluding hydrogens is 304 g/mol. The summed E-state index contributed by atoms with van der Waals surface area (Å²) < 4.78 is 0. The highest BCUT2D eigenvalue weighted by Crippen LogP contribution is 2.34. The average molecular weight is 330 g/mol. The number of carbonyl (C=O) groups excluding carboxylic acids is 2.